The van der Waals surface area contributed by atoms with E-state index in [1.807, 2.05) is 12.3 Å². The highest BCUT2D eigenvalue weighted by atomic mass is 32.1. The van der Waals surface area contributed by atoms with E-state index < -0.39 is 0 Å². The molecule has 0 saturated heterocycles. The molecule has 0 aliphatic carbocycles. The van der Waals surface area contributed by atoms with Crippen molar-refractivity contribution < 1.29 is 4.79 Å². The van der Waals surface area contributed by atoms with E-state index >= 15 is 0 Å². The third-order valence-corrected chi connectivity index (χ3v) is 3.58. The van der Waals surface area contributed by atoms with Gasteiger partial charge in [-0.05, 0) is 6.42 Å². The van der Waals surface area contributed by atoms with E-state index in [1.165, 1.54) is 23.7 Å². The average molecular weight is 288 g/mol. The number of H-pyrrole nitrogens is 1. The summed E-state index contributed by atoms with van der Waals surface area (Å²) in [6.45, 7) is 2.05. The number of carbonyl (C=O) groups excluding carboxylic acids is 1. The smallest absolute Gasteiger partial charge is 0.258 e. The van der Waals surface area contributed by atoms with Gasteiger partial charge in [0.05, 0.1) is 29.3 Å². The van der Waals surface area contributed by atoms with Gasteiger partial charge in [-0.1, -0.05) is 6.92 Å². The molecule has 0 aromatic carbocycles. The molecule has 0 saturated carbocycles. The number of amides is 1. The number of nitrogens with zero attached hydrogens (tertiary/aromatic N) is 4. The van der Waals surface area contributed by atoms with Crippen LogP contribution in [-0.2, 0) is 6.42 Å². The van der Waals surface area contributed by atoms with Gasteiger partial charge in [0.1, 0.15) is 0 Å². The van der Waals surface area contributed by atoms with Crippen LogP contribution in [0.4, 0.5) is 5.69 Å². The third-order valence-electron chi connectivity index (χ3n) is 2.70. The molecule has 0 fully saturated rings. The molecule has 0 radical (unpaired) electrons. The highest BCUT2D eigenvalue weighted by molar-refractivity contribution is 7.12. The van der Waals surface area contributed by atoms with Gasteiger partial charge in [0, 0.05) is 17.8 Å². The van der Waals surface area contributed by atoms with Gasteiger partial charge in [0.15, 0.2) is 0 Å². The largest absolute Gasteiger partial charge is 0.319 e. The van der Waals surface area contributed by atoms with Crippen molar-refractivity contribution in [3.8, 4) is 5.13 Å². The monoisotopic (exact) mass is 288 g/mol. The van der Waals surface area contributed by atoms with Crippen LogP contribution in [-0.4, -0.2) is 30.9 Å². The van der Waals surface area contributed by atoms with E-state index in [0.717, 1.165) is 17.2 Å². The van der Waals surface area contributed by atoms with E-state index in [4.69, 9.17) is 0 Å². The molecular formula is C12H12N6OS. The maximum absolute atomic E-state index is 12.0. The summed E-state index contributed by atoms with van der Waals surface area (Å²) in [7, 11) is 0. The van der Waals surface area contributed by atoms with Crippen molar-refractivity contribution in [3.05, 3.63) is 41.4 Å². The Kier molecular flexibility index (Phi) is 3.30. The number of hydrogen-bond acceptors (Lipinski definition) is 5. The van der Waals surface area contributed by atoms with Crippen molar-refractivity contribution in [1.82, 2.24) is 25.0 Å². The van der Waals surface area contributed by atoms with Gasteiger partial charge in [0.25, 0.3) is 5.91 Å². The predicted molar refractivity (Wildman–Crippen MR) is 75.2 cm³/mol. The van der Waals surface area contributed by atoms with E-state index in [2.05, 4.69) is 25.6 Å². The summed E-state index contributed by atoms with van der Waals surface area (Å²) < 4.78 is 1.61. The molecule has 1 amide bonds. The second kappa shape index (κ2) is 5.25. The van der Waals surface area contributed by atoms with Crippen molar-refractivity contribution >= 4 is 22.9 Å². The summed E-state index contributed by atoms with van der Waals surface area (Å²) in [4.78, 5) is 16.4. The van der Waals surface area contributed by atoms with Crippen molar-refractivity contribution in [2.75, 3.05) is 5.32 Å². The summed E-state index contributed by atoms with van der Waals surface area (Å²) in [6, 6.07) is 0. The molecule has 3 aromatic heterocycles. The van der Waals surface area contributed by atoms with Crippen molar-refractivity contribution in [2.45, 2.75) is 13.3 Å². The summed E-state index contributed by atoms with van der Waals surface area (Å²) >= 11 is 1.50. The molecule has 8 heteroatoms. The number of aromatic amines is 1. The normalized spacial score (nSPS) is 10.7. The summed E-state index contributed by atoms with van der Waals surface area (Å²) in [6.07, 6.45) is 7.20. The minimum absolute atomic E-state index is 0.232. The maximum atomic E-state index is 12.0. The molecule has 0 aliphatic rings. The standard InChI is InChI=1S/C12H12N6OS/c1-2-9-7-20-12(17-9)18-6-8(3-15-18)11(19)16-10-4-13-14-5-10/h3-7H,2H2,1H3,(H,13,14)(H,16,19). The van der Waals surface area contributed by atoms with Gasteiger partial charge in [-0.25, -0.2) is 9.67 Å². The summed E-state index contributed by atoms with van der Waals surface area (Å²) in [5, 5.41) is 16.0. The zero-order valence-corrected chi connectivity index (χ0v) is 11.5. The Morgan fingerprint density at radius 2 is 2.40 bits per heavy atom. The number of nitrogens with one attached hydrogen (secondary N) is 2. The summed E-state index contributed by atoms with van der Waals surface area (Å²) in [5.41, 5.74) is 2.11. The Bertz CT molecular complexity index is 714. The second-order valence-corrected chi connectivity index (χ2v) is 4.93. The van der Waals surface area contributed by atoms with E-state index in [1.54, 1.807) is 17.1 Å². The highest BCUT2D eigenvalue weighted by Gasteiger charge is 2.11. The highest BCUT2D eigenvalue weighted by Crippen LogP contribution is 2.15. The topological polar surface area (TPSA) is 88.5 Å². The molecule has 3 rings (SSSR count). The summed E-state index contributed by atoms with van der Waals surface area (Å²) in [5.74, 6) is -0.232. The molecule has 0 aliphatic heterocycles. The Balaban J connectivity index is 1.77. The fourth-order valence-corrected chi connectivity index (χ4v) is 2.47. The number of aryl methyl sites for hydroxylation is 1. The van der Waals surface area contributed by atoms with Crippen LogP contribution in [0.5, 0.6) is 0 Å². The number of carbonyl (C=O) groups is 1. The number of thiazole rings is 1. The fourth-order valence-electron chi connectivity index (χ4n) is 1.63. The molecule has 7 nitrogen and oxygen atoms in total. The van der Waals surface area contributed by atoms with Gasteiger partial charge in [0.2, 0.25) is 5.13 Å². The lowest BCUT2D eigenvalue weighted by atomic mass is 10.3. The Morgan fingerprint density at radius 1 is 1.50 bits per heavy atom. The molecule has 0 bridgehead atoms. The molecule has 20 heavy (non-hydrogen) atoms. The number of aromatic nitrogens is 5. The number of anilines is 1. The zero-order valence-electron chi connectivity index (χ0n) is 10.7. The molecule has 2 N–H and O–H groups in total. The molecule has 0 unspecified atom stereocenters. The SMILES string of the molecule is CCc1csc(-n2cc(C(=O)Nc3cn[nH]c3)cn2)n1. The number of rotatable bonds is 4. The Hall–Kier alpha value is -2.48. The Morgan fingerprint density at radius 3 is 3.10 bits per heavy atom. The van der Waals surface area contributed by atoms with Crippen LogP contribution in [0.25, 0.3) is 5.13 Å². The van der Waals surface area contributed by atoms with Gasteiger partial charge in [-0.15, -0.1) is 11.3 Å². The van der Waals surface area contributed by atoms with E-state index in [-0.39, 0.29) is 5.91 Å². The Labute approximate surface area is 118 Å². The lowest BCUT2D eigenvalue weighted by Crippen LogP contribution is -2.10. The first kappa shape index (κ1) is 12.5. The minimum Gasteiger partial charge on any atom is -0.319 e. The van der Waals surface area contributed by atoms with Crippen LogP contribution in [0.1, 0.15) is 23.0 Å². The average Bonchev–Trinajstić information content (AvgIpc) is 3.19. The molecule has 3 aromatic rings. The minimum atomic E-state index is -0.232. The van der Waals surface area contributed by atoms with Gasteiger partial charge in [-0.2, -0.15) is 10.2 Å². The van der Waals surface area contributed by atoms with Crippen molar-refractivity contribution in [3.63, 3.8) is 0 Å². The van der Waals surface area contributed by atoms with Gasteiger partial charge in [-0.3, -0.25) is 9.89 Å². The fraction of sp³-hybridized carbons (Fsp3) is 0.167. The first-order chi connectivity index (χ1) is 9.76. The quantitative estimate of drug-likeness (QED) is 0.767. The van der Waals surface area contributed by atoms with E-state index in [0.29, 0.717) is 11.3 Å². The lowest BCUT2D eigenvalue weighted by molar-refractivity contribution is 0.102. The van der Waals surface area contributed by atoms with Gasteiger partial charge >= 0.3 is 0 Å². The second-order valence-electron chi connectivity index (χ2n) is 4.09. The molecule has 0 atom stereocenters. The van der Waals surface area contributed by atoms with Crippen LogP contribution in [0.2, 0.25) is 0 Å². The zero-order chi connectivity index (χ0) is 13.9. The molecular weight excluding hydrogens is 276 g/mol. The van der Waals surface area contributed by atoms with Crippen LogP contribution < -0.4 is 5.32 Å². The predicted octanol–water partition coefficient (Wildman–Crippen LogP) is 1.87. The first-order valence-electron chi connectivity index (χ1n) is 6.06. The maximum Gasteiger partial charge on any atom is 0.258 e. The van der Waals surface area contributed by atoms with E-state index in [9.17, 15) is 4.79 Å². The van der Waals surface area contributed by atoms with Gasteiger partial charge < -0.3 is 5.32 Å². The van der Waals surface area contributed by atoms with Crippen molar-refractivity contribution in [2.24, 2.45) is 0 Å². The number of hydrogen-bond donors (Lipinski definition) is 2. The van der Waals surface area contributed by atoms with Crippen LogP contribution in [0, 0.1) is 0 Å². The first-order valence-corrected chi connectivity index (χ1v) is 6.94. The molecule has 102 valence electrons. The van der Waals surface area contributed by atoms with Crippen LogP contribution >= 0.6 is 11.3 Å². The molecule has 3 heterocycles. The van der Waals surface area contributed by atoms with Crippen LogP contribution in [0.3, 0.4) is 0 Å². The third kappa shape index (κ3) is 2.45. The van der Waals surface area contributed by atoms with Crippen molar-refractivity contribution in [1.29, 1.82) is 0 Å². The molecule has 0 spiro atoms. The van der Waals surface area contributed by atoms with Crippen LogP contribution in [0.15, 0.2) is 30.2 Å². The lowest BCUT2D eigenvalue weighted by Gasteiger charge is -1.98.